The number of benzene rings is 1. The third-order valence-corrected chi connectivity index (χ3v) is 3.85. The molecule has 1 fully saturated rings. The van der Waals surface area contributed by atoms with Crippen LogP contribution in [0.5, 0.6) is 0 Å². The van der Waals surface area contributed by atoms with Gasteiger partial charge < -0.3 is 11.1 Å². The summed E-state index contributed by atoms with van der Waals surface area (Å²) in [5.41, 5.74) is 7.04. The van der Waals surface area contributed by atoms with Crippen LogP contribution >= 0.6 is 15.9 Å². The molecule has 0 aliphatic carbocycles. The minimum absolute atomic E-state index is 0.489. The number of hydrogen-bond acceptors (Lipinski definition) is 2. The molecule has 2 rings (SSSR count). The van der Waals surface area contributed by atoms with E-state index in [1.165, 1.54) is 22.9 Å². The molecule has 0 amide bonds. The second-order valence-corrected chi connectivity index (χ2v) is 5.02. The van der Waals surface area contributed by atoms with Crippen molar-refractivity contribution in [2.24, 2.45) is 11.7 Å². The minimum Gasteiger partial charge on any atom is -0.330 e. The first-order chi connectivity index (χ1) is 7.31. The highest BCUT2D eigenvalue weighted by Crippen LogP contribution is 2.30. The predicted octanol–water partition coefficient (Wildman–Crippen LogP) is 2.45. The molecule has 0 spiro atoms. The largest absolute Gasteiger partial charge is 0.330 e. The smallest absolute Gasteiger partial charge is 0.0331 e. The van der Waals surface area contributed by atoms with Gasteiger partial charge in [-0.1, -0.05) is 34.1 Å². The third kappa shape index (κ3) is 2.60. The molecule has 0 aromatic heterocycles. The zero-order valence-corrected chi connectivity index (χ0v) is 10.3. The molecule has 2 unspecified atom stereocenters. The van der Waals surface area contributed by atoms with Crippen molar-refractivity contribution >= 4 is 15.9 Å². The molecule has 1 aliphatic heterocycles. The summed E-state index contributed by atoms with van der Waals surface area (Å²) < 4.78 is 1.20. The quantitative estimate of drug-likeness (QED) is 0.865. The zero-order valence-electron chi connectivity index (χ0n) is 8.75. The van der Waals surface area contributed by atoms with Crippen molar-refractivity contribution in [3.8, 4) is 0 Å². The first-order valence-electron chi connectivity index (χ1n) is 5.49. The number of halogens is 1. The highest BCUT2D eigenvalue weighted by atomic mass is 79.9. The van der Waals surface area contributed by atoms with E-state index in [1.54, 1.807) is 0 Å². The minimum atomic E-state index is 0.489. The van der Waals surface area contributed by atoms with E-state index in [2.05, 4.69) is 45.5 Å². The highest BCUT2D eigenvalue weighted by molar-refractivity contribution is 9.10. The van der Waals surface area contributed by atoms with Gasteiger partial charge >= 0.3 is 0 Å². The van der Waals surface area contributed by atoms with E-state index in [9.17, 15) is 0 Å². The molecule has 0 saturated carbocycles. The van der Waals surface area contributed by atoms with Crippen LogP contribution in [-0.2, 0) is 0 Å². The Labute approximate surface area is 99.4 Å². The first-order valence-corrected chi connectivity index (χ1v) is 6.28. The fraction of sp³-hybridized carbons (Fsp3) is 0.500. The molecule has 0 bridgehead atoms. The Kier molecular flexibility index (Phi) is 3.78. The summed E-state index contributed by atoms with van der Waals surface area (Å²) in [5.74, 6) is 0.656. The lowest BCUT2D eigenvalue weighted by Gasteiger charge is -2.30. The molecule has 1 aliphatic rings. The molecule has 2 nitrogen and oxygen atoms in total. The van der Waals surface area contributed by atoms with Crippen LogP contribution in [0.4, 0.5) is 0 Å². The Bertz CT molecular complexity index is 319. The van der Waals surface area contributed by atoms with E-state index >= 15 is 0 Å². The maximum atomic E-state index is 5.67. The van der Waals surface area contributed by atoms with E-state index in [4.69, 9.17) is 5.73 Å². The third-order valence-electron chi connectivity index (χ3n) is 3.13. The standard InChI is InChI=1S/C12H17BrN2/c13-11-4-2-1-3-10(11)12-6-5-9(7-14)8-15-12/h1-4,9,12,15H,5-8,14H2. The van der Waals surface area contributed by atoms with Crippen molar-refractivity contribution in [2.45, 2.75) is 18.9 Å². The van der Waals surface area contributed by atoms with Crippen LogP contribution in [0, 0.1) is 5.92 Å². The van der Waals surface area contributed by atoms with Gasteiger partial charge in [0.25, 0.3) is 0 Å². The lowest BCUT2D eigenvalue weighted by Crippen LogP contribution is -2.36. The molecule has 82 valence electrons. The fourth-order valence-corrected chi connectivity index (χ4v) is 2.70. The summed E-state index contributed by atoms with van der Waals surface area (Å²) in [5, 5.41) is 3.57. The molecule has 1 aromatic carbocycles. The molecule has 1 aromatic rings. The van der Waals surface area contributed by atoms with Gasteiger partial charge in [0.05, 0.1) is 0 Å². The molecule has 1 saturated heterocycles. The summed E-state index contributed by atoms with van der Waals surface area (Å²) in [4.78, 5) is 0. The molecule has 15 heavy (non-hydrogen) atoms. The van der Waals surface area contributed by atoms with Crippen LogP contribution in [0.15, 0.2) is 28.7 Å². The lowest BCUT2D eigenvalue weighted by molar-refractivity contribution is 0.319. The molecular weight excluding hydrogens is 252 g/mol. The van der Waals surface area contributed by atoms with Crippen LogP contribution in [0.1, 0.15) is 24.4 Å². The summed E-state index contributed by atoms with van der Waals surface area (Å²) in [6, 6.07) is 8.93. The van der Waals surface area contributed by atoms with Gasteiger partial charge in [0.1, 0.15) is 0 Å². The van der Waals surface area contributed by atoms with Crippen molar-refractivity contribution < 1.29 is 0 Å². The van der Waals surface area contributed by atoms with Crippen molar-refractivity contribution in [1.82, 2.24) is 5.32 Å². The van der Waals surface area contributed by atoms with Gasteiger partial charge in [-0.05, 0) is 43.5 Å². The van der Waals surface area contributed by atoms with Gasteiger partial charge in [-0.25, -0.2) is 0 Å². The van der Waals surface area contributed by atoms with E-state index in [0.29, 0.717) is 12.0 Å². The molecule has 3 heteroatoms. The number of nitrogens with two attached hydrogens (primary N) is 1. The highest BCUT2D eigenvalue weighted by Gasteiger charge is 2.21. The lowest BCUT2D eigenvalue weighted by atomic mass is 9.91. The average Bonchev–Trinajstić information content (AvgIpc) is 2.30. The monoisotopic (exact) mass is 268 g/mol. The van der Waals surface area contributed by atoms with E-state index in [1.807, 2.05) is 0 Å². The maximum absolute atomic E-state index is 5.67. The van der Waals surface area contributed by atoms with Gasteiger partial charge in [-0.2, -0.15) is 0 Å². The fourth-order valence-electron chi connectivity index (χ4n) is 2.14. The summed E-state index contributed by atoms with van der Waals surface area (Å²) in [6.07, 6.45) is 2.42. The topological polar surface area (TPSA) is 38.0 Å². The molecule has 0 radical (unpaired) electrons. The number of rotatable bonds is 2. The van der Waals surface area contributed by atoms with Gasteiger partial charge in [-0.15, -0.1) is 0 Å². The van der Waals surface area contributed by atoms with Gasteiger partial charge in [-0.3, -0.25) is 0 Å². The predicted molar refractivity (Wildman–Crippen MR) is 66.7 cm³/mol. The normalized spacial score (nSPS) is 26.5. The van der Waals surface area contributed by atoms with Crippen molar-refractivity contribution in [1.29, 1.82) is 0 Å². The average molecular weight is 269 g/mol. The first kappa shape index (κ1) is 11.1. The zero-order chi connectivity index (χ0) is 10.7. The summed E-state index contributed by atoms with van der Waals surface area (Å²) >= 11 is 3.60. The molecule has 2 atom stereocenters. The summed E-state index contributed by atoms with van der Waals surface area (Å²) in [7, 11) is 0. The number of piperidine rings is 1. The SMILES string of the molecule is NCC1CCC(c2ccccc2Br)NC1. The van der Waals surface area contributed by atoms with E-state index in [0.717, 1.165) is 13.1 Å². The van der Waals surface area contributed by atoms with Gasteiger partial charge in [0.2, 0.25) is 0 Å². The Morgan fingerprint density at radius 2 is 2.13 bits per heavy atom. The van der Waals surface area contributed by atoms with Gasteiger partial charge in [0, 0.05) is 10.5 Å². The van der Waals surface area contributed by atoms with E-state index in [-0.39, 0.29) is 0 Å². The van der Waals surface area contributed by atoms with Crippen LogP contribution < -0.4 is 11.1 Å². The van der Waals surface area contributed by atoms with E-state index < -0.39 is 0 Å². The van der Waals surface area contributed by atoms with Crippen molar-refractivity contribution in [3.05, 3.63) is 34.3 Å². The number of nitrogens with one attached hydrogen (secondary N) is 1. The number of hydrogen-bond donors (Lipinski definition) is 2. The van der Waals surface area contributed by atoms with Crippen molar-refractivity contribution in [3.63, 3.8) is 0 Å². The Balaban J connectivity index is 2.04. The second-order valence-electron chi connectivity index (χ2n) is 4.16. The van der Waals surface area contributed by atoms with Gasteiger partial charge in [0.15, 0.2) is 0 Å². The molecule has 3 N–H and O–H groups in total. The Hall–Kier alpha value is -0.380. The van der Waals surface area contributed by atoms with Crippen LogP contribution in [0.3, 0.4) is 0 Å². The maximum Gasteiger partial charge on any atom is 0.0331 e. The Morgan fingerprint density at radius 1 is 1.33 bits per heavy atom. The molecular formula is C12H17BrN2. The van der Waals surface area contributed by atoms with Crippen molar-refractivity contribution in [2.75, 3.05) is 13.1 Å². The molecule has 1 heterocycles. The van der Waals surface area contributed by atoms with Crippen LogP contribution in [0.2, 0.25) is 0 Å². The Morgan fingerprint density at radius 3 is 2.73 bits per heavy atom. The second kappa shape index (κ2) is 5.10. The summed E-state index contributed by atoms with van der Waals surface area (Å²) in [6.45, 7) is 1.85. The van der Waals surface area contributed by atoms with Crippen LogP contribution in [-0.4, -0.2) is 13.1 Å². The van der Waals surface area contributed by atoms with Crippen LogP contribution in [0.25, 0.3) is 0 Å².